The Balaban J connectivity index is 1.74. The van der Waals surface area contributed by atoms with Crippen molar-refractivity contribution < 1.29 is 4.84 Å². The van der Waals surface area contributed by atoms with E-state index in [0.717, 1.165) is 50.6 Å². The van der Waals surface area contributed by atoms with Crippen LogP contribution in [0.1, 0.15) is 19.0 Å². The van der Waals surface area contributed by atoms with Crippen LogP contribution >= 0.6 is 0 Å². The molecule has 3 rings (SSSR count). The van der Waals surface area contributed by atoms with E-state index in [1.165, 1.54) is 5.82 Å². The number of hydroxylamine groups is 2. The zero-order chi connectivity index (χ0) is 15.4. The summed E-state index contributed by atoms with van der Waals surface area (Å²) in [5, 5.41) is 6.73. The number of rotatable bonds is 5. The third-order valence-electron chi connectivity index (χ3n) is 3.85. The number of hydrogen-bond acceptors (Lipinski definition) is 4. The summed E-state index contributed by atoms with van der Waals surface area (Å²) in [7, 11) is 0. The summed E-state index contributed by atoms with van der Waals surface area (Å²) in [5.74, 6) is 1.17. The van der Waals surface area contributed by atoms with Crippen LogP contribution in [0.5, 0.6) is 0 Å². The number of piperazine rings is 1. The molecule has 0 spiro atoms. The van der Waals surface area contributed by atoms with Crippen molar-refractivity contribution in [2.45, 2.75) is 20.3 Å². The molecule has 1 saturated heterocycles. The van der Waals surface area contributed by atoms with Crippen molar-refractivity contribution in [2.75, 3.05) is 37.7 Å². The first-order chi connectivity index (χ1) is 10.8. The molecular formula is C17H24N4O. The molecule has 1 aliphatic heterocycles. The van der Waals surface area contributed by atoms with Crippen molar-refractivity contribution in [3.63, 3.8) is 0 Å². The second-order valence-electron chi connectivity index (χ2n) is 5.64. The molecule has 0 radical (unpaired) electrons. The highest BCUT2D eigenvalue weighted by atomic mass is 16.7. The van der Waals surface area contributed by atoms with Gasteiger partial charge in [-0.1, -0.05) is 25.1 Å². The van der Waals surface area contributed by atoms with Gasteiger partial charge in [-0.05, 0) is 25.5 Å². The Morgan fingerprint density at radius 3 is 2.50 bits per heavy atom. The monoisotopic (exact) mass is 300 g/mol. The molecule has 0 aliphatic carbocycles. The molecule has 118 valence electrons. The van der Waals surface area contributed by atoms with Crippen molar-refractivity contribution in [3.05, 3.63) is 42.1 Å². The van der Waals surface area contributed by atoms with Gasteiger partial charge in [0.05, 0.1) is 18.0 Å². The minimum absolute atomic E-state index is 0.807. The highest BCUT2D eigenvalue weighted by molar-refractivity contribution is 5.48. The third-order valence-corrected chi connectivity index (χ3v) is 3.85. The summed E-state index contributed by atoms with van der Waals surface area (Å²) >= 11 is 0. The van der Waals surface area contributed by atoms with Gasteiger partial charge in [-0.25, -0.2) is 4.68 Å². The van der Waals surface area contributed by atoms with Gasteiger partial charge in [-0.15, -0.1) is 0 Å². The standard InChI is InChI=1S/C17H24N4O/c1-3-13-22-20-11-9-19(10-12-20)17-14-15(2)18-21(17)16-7-5-4-6-8-16/h4-8,14H,3,9-13H2,1-2H3. The average Bonchev–Trinajstić information content (AvgIpc) is 2.96. The second kappa shape index (κ2) is 6.94. The van der Waals surface area contributed by atoms with E-state index in [-0.39, 0.29) is 0 Å². The van der Waals surface area contributed by atoms with Gasteiger partial charge in [-0.2, -0.15) is 10.2 Å². The predicted molar refractivity (Wildman–Crippen MR) is 88.3 cm³/mol. The Labute approximate surface area is 132 Å². The lowest BCUT2D eigenvalue weighted by molar-refractivity contribution is -0.161. The molecule has 0 saturated carbocycles. The molecule has 0 atom stereocenters. The fourth-order valence-corrected chi connectivity index (χ4v) is 2.74. The van der Waals surface area contributed by atoms with E-state index in [9.17, 15) is 0 Å². The molecule has 5 nitrogen and oxygen atoms in total. The first kappa shape index (κ1) is 15.1. The highest BCUT2D eigenvalue weighted by Crippen LogP contribution is 2.22. The maximum Gasteiger partial charge on any atom is 0.132 e. The van der Waals surface area contributed by atoms with Gasteiger partial charge in [0.25, 0.3) is 0 Å². The van der Waals surface area contributed by atoms with Crippen LogP contribution in [-0.2, 0) is 4.84 Å². The van der Waals surface area contributed by atoms with Crippen molar-refractivity contribution in [3.8, 4) is 5.69 Å². The van der Waals surface area contributed by atoms with Gasteiger partial charge in [0, 0.05) is 32.2 Å². The van der Waals surface area contributed by atoms with Gasteiger partial charge in [-0.3, -0.25) is 4.84 Å². The van der Waals surface area contributed by atoms with E-state index < -0.39 is 0 Å². The first-order valence-electron chi connectivity index (χ1n) is 8.03. The Morgan fingerprint density at radius 1 is 1.09 bits per heavy atom. The van der Waals surface area contributed by atoms with Gasteiger partial charge >= 0.3 is 0 Å². The fraction of sp³-hybridized carbons (Fsp3) is 0.471. The number of nitrogens with zero attached hydrogens (tertiary/aromatic N) is 4. The molecule has 2 aromatic rings. The number of para-hydroxylation sites is 1. The van der Waals surface area contributed by atoms with Crippen LogP contribution in [0.4, 0.5) is 5.82 Å². The Morgan fingerprint density at radius 2 is 1.82 bits per heavy atom. The topological polar surface area (TPSA) is 33.5 Å². The number of hydrogen-bond donors (Lipinski definition) is 0. The van der Waals surface area contributed by atoms with Crippen LogP contribution in [0, 0.1) is 6.92 Å². The maximum absolute atomic E-state index is 5.72. The number of aryl methyl sites for hydroxylation is 1. The van der Waals surface area contributed by atoms with E-state index in [1.807, 2.05) is 29.8 Å². The van der Waals surface area contributed by atoms with Crippen molar-refractivity contribution in [1.29, 1.82) is 0 Å². The van der Waals surface area contributed by atoms with Crippen LogP contribution < -0.4 is 4.90 Å². The number of aromatic nitrogens is 2. The lowest BCUT2D eigenvalue weighted by atomic mass is 10.3. The van der Waals surface area contributed by atoms with E-state index in [0.29, 0.717) is 0 Å². The molecule has 0 unspecified atom stereocenters. The van der Waals surface area contributed by atoms with Crippen molar-refractivity contribution >= 4 is 5.82 Å². The molecule has 1 fully saturated rings. The Kier molecular flexibility index (Phi) is 4.75. The van der Waals surface area contributed by atoms with Crippen LogP contribution in [0.2, 0.25) is 0 Å². The van der Waals surface area contributed by atoms with Crippen LogP contribution in [0.15, 0.2) is 36.4 Å². The SMILES string of the molecule is CCCON1CCN(c2cc(C)nn2-c2ccccc2)CC1. The molecule has 0 amide bonds. The van der Waals surface area contributed by atoms with E-state index in [2.05, 4.69) is 40.2 Å². The smallest absolute Gasteiger partial charge is 0.132 e. The van der Waals surface area contributed by atoms with E-state index in [1.54, 1.807) is 0 Å². The molecule has 0 N–H and O–H groups in total. The molecule has 5 heteroatoms. The summed E-state index contributed by atoms with van der Waals surface area (Å²) in [6.07, 6.45) is 1.06. The summed E-state index contributed by atoms with van der Waals surface area (Å²) in [4.78, 5) is 8.11. The number of benzene rings is 1. The average molecular weight is 300 g/mol. The summed E-state index contributed by atoms with van der Waals surface area (Å²) in [6, 6.07) is 12.5. The Bertz CT molecular complexity index is 588. The first-order valence-corrected chi connectivity index (χ1v) is 8.03. The third kappa shape index (κ3) is 3.31. The second-order valence-corrected chi connectivity index (χ2v) is 5.64. The van der Waals surface area contributed by atoms with Gasteiger partial charge < -0.3 is 4.90 Å². The van der Waals surface area contributed by atoms with Crippen molar-refractivity contribution in [1.82, 2.24) is 14.8 Å². The van der Waals surface area contributed by atoms with Crippen molar-refractivity contribution in [2.24, 2.45) is 0 Å². The summed E-state index contributed by atoms with van der Waals surface area (Å²) in [6.45, 7) is 8.77. The van der Waals surface area contributed by atoms with Gasteiger partial charge in [0.1, 0.15) is 5.82 Å². The largest absolute Gasteiger partial charge is 0.354 e. The summed E-state index contributed by atoms with van der Waals surface area (Å²) < 4.78 is 2.04. The minimum atomic E-state index is 0.807. The zero-order valence-electron chi connectivity index (χ0n) is 13.4. The molecule has 22 heavy (non-hydrogen) atoms. The lowest BCUT2D eigenvalue weighted by Gasteiger charge is -2.35. The normalized spacial score (nSPS) is 16.2. The van der Waals surface area contributed by atoms with Gasteiger partial charge in [0.2, 0.25) is 0 Å². The molecule has 1 aromatic heterocycles. The highest BCUT2D eigenvalue weighted by Gasteiger charge is 2.21. The lowest BCUT2D eigenvalue weighted by Crippen LogP contribution is -2.47. The minimum Gasteiger partial charge on any atom is -0.354 e. The molecule has 2 heterocycles. The molecular weight excluding hydrogens is 276 g/mol. The van der Waals surface area contributed by atoms with Gasteiger partial charge in [0.15, 0.2) is 0 Å². The zero-order valence-corrected chi connectivity index (χ0v) is 13.4. The van der Waals surface area contributed by atoms with Crippen LogP contribution in [0.25, 0.3) is 5.69 Å². The fourth-order valence-electron chi connectivity index (χ4n) is 2.74. The predicted octanol–water partition coefficient (Wildman–Crippen LogP) is 2.64. The maximum atomic E-state index is 5.72. The summed E-state index contributed by atoms with van der Waals surface area (Å²) in [5.41, 5.74) is 2.15. The Hall–Kier alpha value is -1.85. The van der Waals surface area contributed by atoms with E-state index >= 15 is 0 Å². The van der Waals surface area contributed by atoms with E-state index in [4.69, 9.17) is 4.84 Å². The molecule has 1 aromatic carbocycles. The van der Waals surface area contributed by atoms with Crippen LogP contribution in [-0.4, -0.2) is 47.6 Å². The number of anilines is 1. The quantitative estimate of drug-likeness (QED) is 0.850. The molecule has 0 bridgehead atoms. The van der Waals surface area contributed by atoms with Crippen LogP contribution in [0.3, 0.4) is 0 Å². The molecule has 1 aliphatic rings.